The van der Waals surface area contributed by atoms with Crippen LogP contribution in [0.3, 0.4) is 0 Å². The first kappa shape index (κ1) is 26.1. The molecule has 8 nitrogen and oxygen atoms in total. The molecular weight excluding hydrogens is 517 g/mol. The third-order valence-electron chi connectivity index (χ3n) is 5.59. The van der Waals surface area contributed by atoms with E-state index in [0.29, 0.717) is 16.5 Å². The van der Waals surface area contributed by atoms with Crippen molar-refractivity contribution in [2.24, 2.45) is 0 Å². The van der Waals surface area contributed by atoms with Crippen LogP contribution < -0.4 is 15.4 Å². The largest absolute Gasteiger partial charge is 0.495 e. The summed E-state index contributed by atoms with van der Waals surface area (Å²) in [7, 11) is 1.45. The minimum atomic E-state index is -1.09. The molecule has 0 bridgehead atoms. The second-order valence-corrected chi connectivity index (χ2v) is 8.91. The highest BCUT2D eigenvalue weighted by Crippen LogP contribution is 2.27. The number of esters is 1. The van der Waals surface area contributed by atoms with Gasteiger partial charge in [-0.3, -0.25) is 9.59 Å². The molecule has 1 heterocycles. The van der Waals surface area contributed by atoms with Gasteiger partial charge >= 0.3 is 5.97 Å². The van der Waals surface area contributed by atoms with Crippen molar-refractivity contribution in [3.8, 4) is 5.75 Å². The van der Waals surface area contributed by atoms with E-state index in [1.54, 1.807) is 42.6 Å². The zero-order valence-corrected chi connectivity index (χ0v) is 21.2. The van der Waals surface area contributed by atoms with Gasteiger partial charge in [-0.15, -0.1) is 0 Å². The highest BCUT2D eigenvalue weighted by atomic mass is 35.5. The molecular formula is C27H23Cl2N3O5. The number of aromatic nitrogens is 1. The predicted octanol–water partition coefficient (Wildman–Crippen LogP) is 5.01. The molecule has 37 heavy (non-hydrogen) atoms. The van der Waals surface area contributed by atoms with Gasteiger partial charge in [-0.1, -0.05) is 53.5 Å². The zero-order chi connectivity index (χ0) is 26.4. The van der Waals surface area contributed by atoms with Gasteiger partial charge in [0.2, 0.25) is 0 Å². The van der Waals surface area contributed by atoms with E-state index in [0.717, 1.165) is 16.5 Å². The Balaban J connectivity index is 1.49. The SMILES string of the molecule is COc1ccc(Cl)cc1NC(=O)COC(=O)[C@H](Cc1c[nH]c2ccccc12)NC(=O)c1ccccc1Cl. The molecule has 0 spiro atoms. The third kappa shape index (κ3) is 6.41. The second-order valence-electron chi connectivity index (χ2n) is 8.07. The van der Waals surface area contributed by atoms with Gasteiger partial charge in [0.25, 0.3) is 11.8 Å². The molecule has 0 aliphatic heterocycles. The first-order valence-electron chi connectivity index (χ1n) is 11.3. The number of methoxy groups -OCH3 is 1. The van der Waals surface area contributed by atoms with Gasteiger partial charge in [0.05, 0.1) is 23.4 Å². The standard InChI is InChI=1S/C27H23Cl2N3O5/c1-36-24-11-10-17(28)13-22(24)31-25(33)15-37-27(35)23(32-26(34)19-7-2-4-8-20(19)29)12-16-14-30-21-9-5-3-6-18(16)21/h2-11,13-14,23,30H,12,15H2,1H3,(H,31,33)(H,32,34)/t23-/m0/s1. The van der Waals surface area contributed by atoms with E-state index >= 15 is 0 Å². The number of benzene rings is 3. The summed E-state index contributed by atoms with van der Waals surface area (Å²) in [4.78, 5) is 41.7. The number of hydrogen-bond acceptors (Lipinski definition) is 5. The van der Waals surface area contributed by atoms with Crippen molar-refractivity contribution in [2.75, 3.05) is 19.0 Å². The lowest BCUT2D eigenvalue weighted by molar-refractivity contribution is -0.149. The van der Waals surface area contributed by atoms with Crippen LogP contribution in [-0.4, -0.2) is 42.5 Å². The van der Waals surface area contributed by atoms with Crippen molar-refractivity contribution in [1.82, 2.24) is 10.3 Å². The Labute approximate surface area is 222 Å². The van der Waals surface area contributed by atoms with Crippen LogP contribution in [0.5, 0.6) is 5.75 Å². The number of anilines is 1. The molecule has 4 aromatic rings. The average Bonchev–Trinajstić information content (AvgIpc) is 3.30. The molecule has 4 rings (SSSR count). The molecule has 2 amide bonds. The summed E-state index contributed by atoms with van der Waals surface area (Å²) in [6.07, 6.45) is 1.90. The number of carbonyl (C=O) groups is 3. The van der Waals surface area contributed by atoms with Crippen molar-refractivity contribution in [1.29, 1.82) is 0 Å². The third-order valence-corrected chi connectivity index (χ3v) is 6.15. The summed E-state index contributed by atoms with van der Waals surface area (Å²) in [5.41, 5.74) is 2.23. The summed E-state index contributed by atoms with van der Waals surface area (Å²) < 4.78 is 10.5. The highest BCUT2D eigenvalue weighted by Gasteiger charge is 2.26. The van der Waals surface area contributed by atoms with E-state index in [1.807, 2.05) is 24.3 Å². The van der Waals surface area contributed by atoms with Crippen LogP contribution in [0.4, 0.5) is 5.69 Å². The summed E-state index contributed by atoms with van der Waals surface area (Å²) >= 11 is 12.2. The van der Waals surface area contributed by atoms with E-state index < -0.39 is 30.4 Å². The minimum absolute atomic E-state index is 0.128. The van der Waals surface area contributed by atoms with Gasteiger partial charge in [-0.05, 0) is 42.0 Å². The zero-order valence-electron chi connectivity index (χ0n) is 19.7. The molecule has 10 heteroatoms. The number of H-pyrrole nitrogens is 1. The smallest absolute Gasteiger partial charge is 0.329 e. The Morgan fingerprint density at radius 1 is 1.00 bits per heavy atom. The lowest BCUT2D eigenvalue weighted by Crippen LogP contribution is -2.44. The Kier molecular flexibility index (Phi) is 8.32. The number of para-hydroxylation sites is 1. The van der Waals surface area contributed by atoms with Crippen LogP contribution in [0.1, 0.15) is 15.9 Å². The number of fused-ring (bicyclic) bond motifs is 1. The number of nitrogens with one attached hydrogen (secondary N) is 3. The van der Waals surface area contributed by atoms with E-state index in [-0.39, 0.29) is 17.0 Å². The molecule has 0 saturated carbocycles. The number of carbonyl (C=O) groups excluding carboxylic acids is 3. The first-order valence-corrected chi connectivity index (χ1v) is 12.0. The van der Waals surface area contributed by atoms with E-state index in [1.165, 1.54) is 13.2 Å². The van der Waals surface area contributed by atoms with Gasteiger partial charge in [-0.25, -0.2) is 4.79 Å². The molecule has 0 aliphatic rings. The maximum Gasteiger partial charge on any atom is 0.329 e. The second kappa shape index (κ2) is 11.8. The van der Waals surface area contributed by atoms with E-state index in [4.69, 9.17) is 32.7 Å². The number of rotatable bonds is 9. The number of hydrogen-bond donors (Lipinski definition) is 3. The van der Waals surface area contributed by atoms with Crippen LogP contribution in [-0.2, 0) is 20.7 Å². The maximum absolute atomic E-state index is 13.1. The Bertz CT molecular complexity index is 1450. The molecule has 1 aromatic heterocycles. The van der Waals surface area contributed by atoms with Crippen molar-refractivity contribution < 1.29 is 23.9 Å². The van der Waals surface area contributed by atoms with Gasteiger partial charge in [0, 0.05) is 28.5 Å². The normalized spacial score (nSPS) is 11.5. The van der Waals surface area contributed by atoms with Crippen molar-refractivity contribution >= 4 is 57.6 Å². The fraction of sp³-hybridized carbons (Fsp3) is 0.148. The lowest BCUT2D eigenvalue weighted by atomic mass is 10.0. The van der Waals surface area contributed by atoms with Crippen LogP contribution in [0.15, 0.2) is 72.9 Å². The molecule has 3 N–H and O–H groups in total. The number of halogens is 2. The fourth-order valence-electron chi connectivity index (χ4n) is 3.80. The predicted molar refractivity (Wildman–Crippen MR) is 142 cm³/mol. The van der Waals surface area contributed by atoms with Crippen LogP contribution in [0.2, 0.25) is 10.0 Å². The monoisotopic (exact) mass is 539 g/mol. The lowest BCUT2D eigenvalue weighted by Gasteiger charge is -2.18. The summed E-state index contributed by atoms with van der Waals surface area (Å²) in [6, 6.07) is 17.7. The van der Waals surface area contributed by atoms with Crippen molar-refractivity contribution in [3.63, 3.8) is 0 Å². The Morgan fingerprint density at radius 3 is 2.54 bits per heavy atom. The number of ether oxygens (including phenoxy) is 2. The molecule has 3 aromatic carbocycles. The maximum atomic E-state index is 13.1. The van der Waals surface area contributed by atoms with Crippen LogP contribution >= 0.6 is 23.2 Å². The molecule has 1 atom stereocenters. The summed E-state index contributed by atoms with van der Waals surface area (Å²) in [6.45, 7) is -0.582. The van der Waals surface area contributed by atoms with Gasteiger partial charge < -0.3 is 25.1 Å². The van der Waals surface area contributed by atoms with Crippen LogP contribution in [0, 0.1) is 0 Å². The number of aromatic amines is 1. The highest BCUT2D eigenvalue weighted by molar-refractivity contribution is 6.33. The van der Waals surface area contributed by atoms with Crippen LogP contribution in [0.25, 0.3) is 10.9 Å². The van der Waals surface area contributed by atoms with Gasteiger partial charge in [0.15, 0.2) is 6.61 Å². The van der Waals surface area contributed by atoms with Gasteiger partial charge in [-0.2, -0.15) is 0 Å². The minimum Gasteiger partial charge on any atom is -0.495 e. The molecule has 190 valence electrons. The van der Waals surface area contributed by atoms with Gasteiger partial charge in [0.1, 0.15) is 11.8 Å². The van der Waals surface area contributed by atoms with Crippen molar-refractivity contribution in [2.45, 2.75) is 12.5 Å². The van der Waals surface area contributed by atoms with E-state index in [9.17, 15) is 14.4 Å². The topological polar surface area (TPSA) is 110 Å². The number of amides is 2. The molecule has 0 aliphatic carbocycles. The summed E-state index contributed by atoms with van der Waals surface area (Å²) in [5, 5.41) is 6.84. The Morgan fingerprint density at radius 2 is 1.76 bits per heavy atom. The summed E-state index contributed by atoms with van der Waals surface area (Å²) in [5.74, 6) is -1.52. The first-order chi connectivity index (χ1) is 17.9. The van der Waals surface area contributed by atoms with E-state index in [2.05, 4.69) is 15.6 Å². The average molecular weight is 540 g/mol. The molecule has 0 unspecified atom stereocenters. The molecule has 0 saturated heterocycles. The molecule has 0 radical (unpaired) electrons. The Hall–Kier alpha value is -4.01. The molecule has 0 fully saturated rings. The quantitative estimate of drug-likeness (QED) is 0.259. The van der Waals surface area contributed by atoms with Crippen molar-refractivity contribution in [3.05, 3.63) is 94.1 Å². The fourth-order valence-corrected chi connectivity index (χ4v) is 4.19.